The van der Waals surface area contributed by atoms with Crippen LogP contribution in [0.5, 0.6) is 0 Å². The van der Waals surface area contributed by atoms with Crippen molar-refractivity contribution in [2.24, 2.45) is 10.9 Å². The molecule has 2 rings (SSSR count). The molecule has 0 aliphatic carbocycles. The minimum absolute atomic E-state index is 0.108. The van der Waals surface area contributed by atoms with Gasteiger partial charge < -0.3 is 16.3 Å². The fourth-order valence-corrected chi connectivity index (χ4v) is 1.64. The number of oxime groups is 1. The Bertz CT molecular complexity index is 626. The van der Waals surface area contributed by atoms with Crippen LogP contribution in [0.1, 0.15) is 11.3 Å². The summed E-state index contributed by atoms with van der Waals surface area (Å²) in [4.78, 5) is 3.93. The fraction of sp³-hybridized carbons (Fsp3) is 0.0769. The minimum atomic E-state index is -0.653. The molecule has 7 heteroatoms. The third kappa shape index (κ3) is 3.41. The highest BCUT2D eigenvalue weighted by molar-refractivity contribution is 5.95. The second-order valence-corrected chi connectivity index (χ2v) is 4.05. The Balaban J connectivity index is 2.11. The molecule has 0 fully saturated rings. The third-order valence-electron chi connectivity index (χ3n) is 2.55. The van der Waals surface area contributed by atoms with E-state index in [1.54, 1.807) is 12.1 Å². The zero-order chi connectivity index (χ0) is 14.5. The van der Waals surface area contributed by atoms with Crippen LogP contribution in [0.4, 0.5) is 14.5 Å². The van der Waals surface area contributed by atoms with Gasteiger partial charge in [-0.1, -0.05) is 5.16 Å². The standard InChI is InChI=1S/C13H12F2N4O/c14-9-4-10(15)6-11(5-9)18-7-8-1-2-17-12(3-8)13(16)19-20/h1-6,18,20H,7H2,(H2,16,19). The summed E-state index contributed by atoms with van der Waals surface area (Å²) in [7, 11) is 0. The molecule has 1 heterocycles. The number of nitrogens with two attached hydrogens (primary N) is 1. The van der Waals surface area contributed by atoms with E-state index in [1.165, 1.54) is 18.3 Å². The molecule has 104 valence electrons. The lowest BCUT2D eigenvalue weighted by Crippen LogP contribution is -2.15. The van der Waals surface area contributed by atoms with Gasteiger partial charge in [0.2, 0.25) is 0 Å². The van der Waals surface area contributed by atoms with Crippen molar-refractivity contribution in [3.63, 3.8) is 0 Å². The highest BCUT2D eigenvalue weighted by Gasteiger charge is 2.04. The first-order valence-corrected chi connectivity index (χ1v) is 5.71. The van der Waals surface area contributed by atoms with E-state index in [2.05, 4.69) is 15.5 Å². The fourth-order valence-electron chi connectivity index (χ4n) is 1.64. The largest absolute Gasteiger partial charge is 0.409 e. The van der Waals surface area contributed by atoms with Gasteiger partial charge in [-0.05, 0) is 29.8 Å². The van der Waals surface area contributed by atoms with Crippen LogP contribution in [0.15, 0.2) is 41.7 Å². The van der Waals surface area contributed by atoms with Crippen molar-refractivity contribution in [3.8, 4) is 0 Å². The molecule has 0 aliphatic rings. The second kappa shape index (κ2) is 5.96. The van der Waals surface area contributed by atoms with Gasteiger partial charge in [0.15, 0.2) is 5.84 Å². The maximum atomic E-state index is 13.0. The molecule has 1 aromatic carbocycles. The molecule has 0 saturated carbocycles. The number of pyridine rings is 1. The molecule has 0 aliphatic heterocycles. The van der Waals surface area contributed by atoms with Crippen LogP contribution in [0.2, 0.25) is 0 Å². The number of nitrogens with zero attached hydrogens (tertiary/aromatic N) is 2. The number of nitrogens with one attached hydrogen (secondary N) is 1. The number of halogens is 2. The van der Waals surface area contributed by atoms with Crippen molar-refractivity contribution >= 4 is 11.5 Å². The maximum Gasteiger partial charge on any atom is 0.188 e. The lowest BCUT2D eigenvalue weighted by molar-refractivity contribution is 0.318. The molecule has 1 aromatic heterocycles. The molecule has 20 heavy (non-hydrogen) atoms. The van der Waals surface area contributed by atoms with Crippen molar-refractivity contribution in [2.45, 2.75) is 6.54 Å². The van der Waals surface area contributed by atoms with Crippen LogP contribution in [-0.2, 0) is 6.54 Å². The predicted octanol–water partition coefficient (Wildman–Crippen LogP) is 2.07. The van der Waals surface area contributed by atoms with Crippen LogP contribution >= 0.6 is 0 Å². The molecule has 0 saturated heterocycles. The lowest BCUT2D eigenvalue weighted by Gasteiger charge is -2.08. The van der Waals surface area contributed by atoms with E-state index in [1.807, 2.05) is 0 Å². The van der Waals surface area contributed by atoms with Crippen LogP contribution in [0.3, 0.4) is 0 Å². The number of amidine groups is 1. The van der Waals surface area contributed by atoms with Crippen molar-refractivity contribution < 1.29 is 14.0 Å². The average Bonchev–Trinajstić information content (AvgIpc) is 2.43. The van der Waals surface area contributed by atoms with E-state index in [-0.39, 0.29) is 5.84 Å². The monoisotopic (exact) mass is 278 g/mol. The zero-order valence-electron chi connectivity index (χ0n) is 10.3. The predicted molar refractivity (Wildman–Crippen MR) is 70.4 cm³/mol. The van der Waals surface area contributed by atoms with Crippen molar-refractivity contribution in [1.82, 2.24) is 4.98 Å². The summed E-state index contributed by atoms with van der Waals surface area (Å²) in [6, 6.07) is 6.49. The van der Waals surface area contributed by atoms with Crippen LogP contribution in [-0.4, -0.2) is 16.0 Å². The lowest BCUT2D eigenvalue weighted by atomic mass is 10.2. The summed E-state index contributed by atoms with van der Waals surface area (Å²) in [6.45, 7) is 0.317. The number of rotatable bonds is 4. The SMILES string of the molecule is NC(=NO)c1cc(CNc2cc(F)cc(F)c2)ccn1. The van der Waals surface area contributed by atoms with Crippen LogP contribution in [0.25, 0.3) is 0 Å². The molecule has 5 nitrogen and oxygen atoms in total. The molecule has 0 amide bonds. The topological polar surface area (TPSA) is 83.5 Å². The number of hydrogen-bond donors (Lipinski definition) is 3. The van der Waals surface area contributed by atoms with Crippen LogP contribution in [0, 0.1) is 11.6 Å². The van der Waals surface area contributed by atoms with E-state index in [9.17, 15) is 8.78 Å². The first-order chi connectivity index (χ1) is 9.58. The molecule has 0 spiro atoms. The van der Waals surface area contributed by atoms with E-state index >= 15 is 0 Å². The molecule has 0 radical (unpaired) electrons. The number of anilines is 1. The van der Waals surface area contributed by atoms with Gasteiger partial charge in [0, 0.05) is 24.5 Å². The Morgan fingerprint density at radius 3 is 2.60 bits per heavy atom. The highest BCUT2D eigenvalue weighted by atomic mass is 19.1. The van der Waals surface area contributed by atoms with Crippen molar-refractivity contribution in [3.05, 3.63) is 59.4 Å². The Labute approximate surface area is 113 Å². The van der Waals surface area contributed by atoms with Gasteiger partial charge >= 0.3 is 0 Å². The number of aromatic nitrogens is 1. The Hall–Kier alpha value is -2.70. The molecule has 0 bridgehead atoms. The minimum Gasteiger partial charge on any atom is -0.409 e. The summed E-state index contributed by atoms with van der Waals surface area (Å²) in [5, 5.41) is 14.3. The first kappa shape index (κ1) is 13.7. The smallest absolute Gasteiger partial charge is 0.188 e. The first-order valence-electron chi connectivity index (χ1n) is 5.71. The zero-order valence-corrected chi connectivity index (χ0v) is 10.3. The molecular formula is C13H12F2N4O. The normalized spacial score (nSPS) is 11.4. The maximum absolute atomic E-state index is 13.0. The van der Waals surface area contributed by atoms with E-state index < -0.39 is 11.6 Å². The molecule has 4 N–H and O–H groups in total. The van der Waals surface area contributed by atoms with Gasteiger partial charge in [-0.25, -0.2) is 8.78 Å². The average molecular weight is 278 g/mol. The number of benzene rings is 1. The summed E-state index contributed by atoms with van der Waals surface area (Å²) >= 11 is 0. The second-order valence-electron chi connectivity index (χ2n) is 4.05. The Kier molecular flexibility index (Phi) is 4.09. The van der Waals surface area contributed by atoms with Crippen molar-refractivity contribution in [2.75, 3.05) is 5.32 Å². The van der Waals surface area contributed by atoms with Gasteiger partial charge in [0.25, 0.3) is 0 Å². The summed E-state index contributed by atoms with van der Waals surface area (Å²) in [6.07, 6.45) is 1.50. The molecular weight excluding hydrogens is 266 g/mol. The van der Waals surface area contributed by atoms with E-state index in [4.69, 9.17) is 10.9 Å². The summed E-state index contributed by atoms with van der Waals surface area (Å²) in [5.74, 6) is -1.41. The Morgan fingerprint density at radius 1 is 1.25 bits per heavy atom. The Morgan fingerprint density at radius 2 is 1.95 bits per heavy atom. The van der Waals surface area contributed by atoms with Gasteiger partial charge in [-0.3, -0.25) is 4.98 Å². The van der Waals surface area contributed by atoms with Gasteiger partial charge in [-0.2, -0.15) is 0 Å². The van der Waals surface area contributed by atoms with E-state index in [0.29, 0.717) is 17.9 Å². The quantitative estimate of drug-likeness (QED) is 0.346. The molecule has 0 unspecified atom stereocenters. The summed E-state index contributed by atoms with van der Waals surface area (Å²) in [5.41, 5.74) is 6.84. The number of hydrogen-bond acceptors (Lipinski definition) is 4. The van der Waals surface area contributed by atoms with Crippen LogP contribution < -0.4 is 11.1 Å². The van der Waals surface area contributed by atoms with Gasteiger partial charge in [0.05, 0.1) is 0 Å². The third-order valence-corrected chi connectivity index (χ3v) is 2.55. The van der Waals surface area contributed by atoms with Gasteiger partial charge in [-0.15, -0.1) is 0 Å². The van der Waals surface area contributed by atoms with Crippen molar-refractivity contribution in [1.29, 1.82) is 0 Å². The van der Waals surface area contributed by atoms with E-state index in [0.717, 1.165) is 11.6 Å². The highest BCUT2D eigenvalue weighted by Crippen LogP contribution is 2.14. The molecule has 0 atom stereocenters. The molecule has 2 aromatic rings. The van der Waals surface area contributed by atoms with Gasteiger partial charge in [0.1, 0.15) is 17.3 Å². The summed E-state index contributed by atoms with van der Waals surface area (Å²) < 4.78 is 26.0.